The van der Waals surface area contributed by atoms with Crippen LogP contribution in [0.1, 0.15) is 31.0 Å². The van der Waals surface area contributed by atoms with Crippen molar-refractivity contribution in [2.75, 3.05) is 11.9 Å². The minimum atomic E-state index is -4.53. The maximum absolute atomic E-state index is 13.2. The van der Waals surface area contributed by atoms with E-state index in [2.05, 4.69) is 29.2 Å². The number of quaternary nitrogens is 1. The molecule has 1 amide bonds. The van der Waals surface area contributed by atoms with E-state index in [1.807, 2.05) is 35.6 Å². The van der Waals surface area contributed by atoms with Crippen molar-refractivity contribution in [1.29, 1.82) is 0 Å². The van der Waals surface area contributed by atoms with Crippen LogP contribution < -0.4 is 10.6 Å². The van der Waals surface area contributed by atoms with Crippen molar-refractivity contribution < 1.29 is 23.3 Å². The summed E-state index contributed by atoms with van der Waals surface area (Å²) in [4.78, 5) is 16.4. The fourth-order valence-electron chi connectivity index (χ4n) is 3.25. The summed E-state index contributed by atoms with van der Waals surface area (Å²) >= 11 is 0. The predicted molar refractivity (Wildman–Crippen MR) is 106 cm³/mol. The number of alkyl halides is 3. The second-order valence-corrected chi connectivity index (χ2v) is 7.24. The third kappa shape index (κ3) is 5.24. The van der Waals surface area contributed by atoms with Gasteiger partial charge in [-0.05, 0) is 18.2 Å². The molecule has 0 unspecified atom stereocenters. The molecule has 1 aromatic heterocycles. The van der Waals surface area contributed by atoms with Gasteiger partial charge in [-0.3, -0.25) is 4.79 Å². The lowest BCUT2D eigenvalue weighted by molar-refractivity contribution is -0.692. The number of hydrogen-bond donors (Lipinski definition) is 2. The molecule has 0 spiro atoms. The normalized spacial score (nSPS) is 12.7. The Hall–Kier alpha value is -3.20. The van der Waals surface area contributed by atoms with Gasteiger partial charge in [-0.1, -0.05) is 44.2 Å². The maximum atomic E-state index is 13.2. The van der Waals surface area contributed by atoms with E-state index >= 15 is 0 Å². The van der Waals surface area contributed by atoms with Gasteiger partial charge in [0, 0.05) is 11.5 Å². The lowest BCUT2D eigenvalue weighted by atomic mass is 9.96. The zero-order valence-electron chi connectivity index (χ0n) is 16.6. The van der Waals surface area contributed by atoms with Crippen LogP contribution in [-0.4, -0.2) is 27.2 Å². The largest absolute Gasteiger partial charge is 0.416 e. The van der Waals surface area contributed by atoms with E-state index in [-0.39, 0.29) is 24.2 Å². The van der Waals surface area contributed by atoms with Crippen molar-refractivity contribution in [2.24, 2.45) is 5.92 Å². The van der Waals surface area contributed by atoms with Gasteiger partial charge in [0.25, 0.3) is 5.91 Å². The zero-order valence-corrected chi connectivity index (χ0v) is 16.6. The summed E-state index contributed by atoms with van der Waals surface area (Å²) in [6.07, 6.45) is -1.90. The molecule has 1 atom stereocenters. The summed E-state index contributed by atoms with van der Waals surface area (Å²) in [5.74, 6) is -0.142. The van der Waals surface area contributed by atoms with Gasteiger partial charge in [0.2, 0.25) is 0 Å². The van der Waals surface area contributed by atoms with Crippen LogP contribution in [0.3, 0.4) is 0 Å². The molecular formula is C21H23F3N5O+. The van der Waals surface area contributed by atoms with Gasteiger partial charge in [-0.15, -0.1) is 0 Å². The Morgan fingerprint density at radius 2 is 1.90 bits per heavy atom. The molecule has 30 heavy (non-hydrogen) atoms. The Balaban J connectivity index is 1.78. The minimum Gasteiger partial charge on any atom is -0.332 e. The number of hydrogen-bond acceptors (Lipinski definition) is 3. The molecule has 3 N–H and O–H groups in total. The molecule has 0 fully saturated rings. The van der Waals surface area contributed by atoms with E-state index in [0.29, 0.717) is 5.69 Å². The average molecular weight is 418 g/mol. The Morgan fingerprint density at radius 1 is 1.17 bits per heavy atom. The number of carbonyl (C=O) groups excluding carboxylic acids is 1. The fourth-order valence-corrected chi connectivity index (χ4v) is 3.25. The van der Waals surface area contributed by atoms with Crippen molar-refractivity contribution in [2.45, 2.75) is 26.1 Å². The van der Waals surface area contributed by atoms with Crippen molar-refractivity contribution in [3.8, 4) is 5.69 Å². The first-order valence-corrected chi connectivity index (χ1v) is 9.50. The number of nitrogens with one attached hydrogen (secondary N) is 1. The van der Waals surface area contributed by atoms with Crippen molar-refractivity contribution in [3.63, 3.8) is 0 Å². The van der Waals surface area contributed by atoms with E-state index in [1.165, 1.54) is 23.4 Å². The average Bonchev–Trinajstić information content (AvgIpc) is 3.22. The highest BCUT2D eigenvalue weighted by atomic mass is 19.4. The first kappa shape index (κ1) is 21.5. The number of carbonyl (C=O) groups is 1. The number of nitrogens with two attached hydrogens (primary N) is 1. The molecule has 0 aliphatic rings. The lowest BCUT2D eigenvalue weighted by Gasteiger charge is -2.20. The van der Waals surface area contributed by atoms with E-state index in [1.54, 1.807) is 0 Å². The Morgan fingerprint density at radius 3 is 2.50 bits per heavy atom. The van der Waals surface area contributed by atoms with E-state index < -0.39 is 17.6 Å². The summed E-state index contributed by atoms with van der Waals surface area (Å²) < 4.78 is 40.8. The molecule has 9 heteroatoms. The summed E-state index contributed by atoms with van der Waals surface area (Å²) in [6.45, 7) is 4.17. The number of amides is 1. The fraction of sp³-hybridized carbons (Fsp3) is 0.286. The standard InChI is InChI=1S/C21H22F3N5O/c1-14(2)20(15-6-4-3-5-7-15)26-11-19(30)28-17-10-16(21(22,23)24)8-9-18(17)29-13-25-12-27-29/h3-10,12-14,20,26H,11H2,1-2H3,(H,28,30)/p+1/t20-/m1/s1. The van der Waals surface area contributed by atoms with Crippen LogP contribution in [0.15, 0.2) is 61.2 Å². The molecule has 0 saturated heterocycles. The van der Waals surface area contributed by atoms with Gasteiger partial charge in [-0.2, -0.15) is 18.3 Å². The summed E-state index contributed by atoms with van der Waals surface area (Å²) in [5, 5.41) is 8.43. The van der Waals surface area contributed by atoms with Crippen LogP contribution in [-0.2, 0) is 11.0 Å². The number of aromatic nitrogens is 3. The van der Waals surface area contributed by atoms with Crippen LogP contribution in [0.2, 0.25) is 0 Å². The second kappa shape index (κ2) is 9.08. The zero-order chi connectivity index (χ0) is 21.7. The van der Waals surface area contributed by atoms with Gasteiger partial charge in [-0.25, -0.2) is 9.67 Å². The monoisotopic (exact) mass is 418 g/mol. The third-order valence-corrected chi connectivity index (χ3v) is 4.72. The van der Waals surface area contributed by atoms with Crippen LogP contribution >= 0.6 is 0 Å². The number of anilines is 1. The highest BCUT2D eigenvalue weighted by molar-refractivity contribution is 5.93. The molecule has 3 rings (SSSR count). The Labute approximate surface area is 172 Å². The smallest absolute Gasteiger partial charge is 0.332 e. The molecular weight excluding hydrogens is 395 g/mol. The Kier molecular flexibility index (Phi) is 6.51. The molecule has 0 saturated carbocycles. The van der Waals surface area contributed by atoms with Gasteiger partial charge in [0.1, 0.15) is 18.7 Å². The number of halogens is 3. The third-order valence-electron chi connectivity index (χ3n) is 4.72. The van der Waals surface area contributed by atoms with E-state index in [9.17, 15) is 18.0 Å². The van der Waals surface area contributed by atoms with Crippen LogP contribution in [0, 0.1) is 5.92 Å². The van der Waals surface area contributed by atoms with Crippen molar-refractivity contribution in [3.05, 3.63) is 72.3 Å². The minimum absolute atomic E-state index is 0.0227. The highest BCUT2D eigenvalue weighted by Gasteiger charge is 2.31. The van der Waals surface area contributed by atoms with Crippen LogP contribution in [0.25, 0.3) is 5.69 Å². The molecule has 1 heterocycles. The predicted octanol–water partition coefficient (Wildman–Crippen LogP) is 3.19. The van der Waals surface area contributed by atoms with E-state index in [0.717, 1.165) is 17.7 Å². The first-order valence-electron chi connectivity index (χ1n) is 9.50. The maximum Gasteiger partial charge on any atom is 0.416 e. The molecule has 2 aromatic carbocycles. The van der Waals surface area contributed by atoms with Crippen LogP contribution in [0.4, 0.5) is 18.9 Å². The molecule has 3 aromatic rings. The molecule has 0 bridgehead atoms. The summed E-state index contributed by atoms with van der Waals surface area (Å²) in [7, 11) is 0. The Bertz CT molecular complexity index is 972. The van der Waals surface area contributed by atoms with Gasteiger partial charge < -0.3 is 10.6 Å². The van der Waals surface area contributed by atoms with Crippen molar-refractivity contribution in [1.82, 2.24) is 14.8 Å². The number of rotatable bonds is 7. The quantitative estimate of drug-likeness (QED) is 0.619. The molecule has 158 valence electrons. The molecule has 0 aliphatic carbocycles. The topological polar surface area (TPSA) is 76.4 Å². The first-order chi connectivity index (χ1) is 14.3. The van der Waals surface area contributed by atoms with Gasteiger partial charge in [0.05, 0.1) is 16.9 Å². The molecule has 0 radical (unpaired) electrons. The lowest BCUT2D eigenvalue weighted by Crippen LogP contribution is -2.88. The number of benzene rings is 2. The summed E-state index contributed by atoms with van der Waals surface area (Å²) in [5.41, 5.74) is 0.560. The SMILES string of the molecule is CC(C)[C@@H]([NH2+]CC(=O)Nc1cc(C(F)(F)F)ccc1-n1cncn1)c1ccccc1. The van der Waals surface area contributed by atoms with Gasteiger partial charge >= 0.3 is 6.18 Å². The molecule has 6 nitrogen and oxygen atoms in total. The van der Waals surface area contributed by atoms with E-state index in [4.69, 9.17) is 0 Å². The van der Waals surface area contributed by atoms with Crippen LogP contribution in [0.5, 0.6) is 0 Å². The number of nitrogens with zero attached hydrogens (tertiary/aromatic N) is 3. The second-order valence-electron chi connectivity index (χ2n) is 7.24. The summed E-state index contributed by atoms with van der Waals surface area (Å²) in [6, 6.07) is 13.0. The highest BCUT2D eigenvalue weighted by Crippen LogP contribution is 2.33. The van der Waals surface area contributed by atoms with Gasteiger partial charge in [0.15, 0.2) is 6.54 Å². The molecule has 0 aliphatic heterocycles. The van der Waals surface area contributed by atoms with Crippen molar-refractivity contribution >= 4 is 11.6 Å².